The van der Waals surface area contributed by atoms with E-state index in [1.165, 1.54) is 18.2 Å². The van der Waals surface area contributed by atoms with Crippen LogP contribution in [0, 0.1) is 0 Å². The molecule has 0 aliphatic heterocycles. The molecule has 0 fully saturated rings. The Labute approximate surface area is 90.3 Å². The summed E-state index contributed by atoms with van der Waals surface area (Å²) in [5, 5.41) is 10.8. The molecule has 0 saturated carbocycles. The first kappa shape index (κ1) is 11.6. The number of rotatable bonds is 4. The number of aromatic carboxylic acids is 1. The summed E-state index contributed by atoms with van der Waals surface area (Å²) >= 11 is 0. The molecule has 0 aliphatic rings. The summed E-state index contributed by atoms with van der Waals surface area (Å²) in [5.74, 6) is -2.57. The summed E-state index contributed by atoms with van der Waals surface area (Å²) in [6.45, 7) is -0.322. The largest absolute Gasteiger partial charge is 0.477 e. The Balaban J connectivity index is 2.79. The number of carboxylic acids is 1. The van der Waals surface area contributed by atoms with Gasteiger partial charge in [-0.2, -0.15) is 0 Å². The van der Waals surface area contributed by atoms with Crippen LogP contribution in [0.4, 0.5) is 0 Å². The molecular formula is C9H9N3O4. The minimum atomic E-state index is -1.23. The highest BCUT2D eigenvalue weighted by Gasteiger charge is 2.11. The molecule has 0 aromatic carbocycles. The summed E-state index contributed by atoms with van der Waals surface area (Å²) in [6, 6.07) is 3.98. The first-order valence-electron chi connectivity index (χ1n) is 4.27. The van der Waals surface area contributed by atoms with Gasteiger partial charge in [-0.05, 0) is 12.1 Å². The molecular weight excluding hydrogens is 214 g/mol. The van der Waals surface area contributed by atoms with Crippen LogP contribution in [-0.2, 0) is 4.79 Å². The van der Waals surface area contributed by atoms with Gasteiger partial charge < -0.3 is 16.2 Å². The fourth-order valence-electron chi connectivity index (χ4n) is 0.938. The molecule has 7 heteroatoms. The number of primary amides is 1. The van der Waals surface area contributed by atoms with Crippen LogP contribution in [0.1, 0.15) is 21.0 Å². The van der Waals surface area contributed by atoms with Gasteiger partial charge in [0.05, 0.1) is 6.54 Å². The highest BCUT2D eigenvalue weighted by atomic mass is 16.4. The zero-order chi connectivity index (χ0) is 12.1. The molecule has 1 heterocycles. The van der Waals surface area contributed by atoms with E-state index in [0.717, 1.165) is 0 Å². The Kier molecular flexibility index (Phi) is 3.54. The van der Waals surface area contributed by atoms with Crippen molar-refractivity contribution in [2.24, 2.45) is 5.73 Å². The summed E-state index contributed by atoms with van der Waals surface area (Å²) in [6.07, 6.45) is 0. The van der Waals surface area contributed by atoms with E-state index in [9.17, 15) is 14.4 Å². The number of amides is 2. The summed E-state index contributed by atoms with van der Waals surface area (Å²) in [5.41, 5.74) is 4.50. The van der Waals surface area contributed by atoms with E-state index in [4.69, 9.17) is 10.8 Å². The Bertz CT molecular complexity index is 444. The second kappa shape index (κ2) is 4.87. The Morgan fingerprint density at radius 1 is 1.31 bits per heavy atom. The van der Waals surface area contributed by atoms with Gasteiger partial charge in [0.15, 0.2) is 0 Å². The summed E-state index contributed by atoms with van der Waals surface area (Å²) in [7, 11) is 0. The second-order valence-electron chi connectivity index (χ2n) is 2.86. The lowest BCUT2D eigenvalue weighted by molar-refractivity contribution is -0.117. The van der Waals surface area contributed by atoms with Crippen molar-refractivity contribution in [2.45, 2.75) is 0 Å². The van der Waals surface area contributed by atoms with Gasteiger partial charge in [-0.15, -0.1) is 0 Å². The normalized spacial score (nSPS) is 9.50. The lowest BCUT2D eigenvalue weighted by Crippen LogP contribution is -2.33. The number of pyridine rings is 1. The fraction of sp³-hybridized carbons (Fsp3) is 0.111. The standard InChI is InChI=1S/C9H9N3O4/c10-7(13)4-11-8(14)5-2-1-3-6(12-5)9(15)16/h1-3H,4H2,(H2,10,13)(H,11,14)(H,15,16). The smallest absolute Gasteiger partial charge is 0.354 e. The molecule has 2 amide bonds. The van der Waals surface area contributed by atoms with Crippen LogP contribution in [0.3, 0.4) is 0 Å². The van der Waals surface area contributed by atoms with Gasteiger partial charge in [0.2, 0.25) is 5.91 Å². The van der Waals surface area contributed by atoms with Gasteiger partial charge in [0.25, 0.3) is 5.91 Å². The number of nitrogens with two attached hydrogens (primary N) is 1. The second-order valence-corrected chi connectivity index (χ2v) is 2.86. The van der Waals surface area contributed by atoms with Crippen molar-refractivity contribution in [3.8, 4) is 0 Å². The van der Waals surface area contributed by atoms with E-state index in [0.29, 0.717) is 0 Å². The number of hydrogen-bond donors (Lipinski definition) is 3. The van der Waals surface area contributed by atoms with E-state index >= 15 is 0 Å². The molecule has 84 valence electrons. The molecule has 0 radical (unpaired) electrons. The van der Waals surface area contributed by atoms with Crippen molar-refractivity contribution in [2.75, 3.05) is 6.54 Å². The van der Waals surface area contributed by atoms with Crippen LogP contribution in [0.5, 0.6) is 0 Å². The lowest BCUT2D eigenvalue weighted by atomic mass is 10.3. The van der Waals surface area contributed by atoms with E-state index in [-0.39, 0.29) is 17.9 Å². The molecule has 7 nitrogen and oxygen atoms in total. The number of carbonyl (C=O) groups excluding carboxylic acids is 2. The molecule has 1 aromatic heterocycles. The quantitative estimate of drug-likeness (QED) is 0.603. The Morgan fingerprint density at radius 2 is 1.94 bits per heavy atom. The van der Waals surface area contributed by atoms with Crippen molar-refractivity contribution in [3.63, 3.8) is 0 Å². The van der Waals surface area contributed by atoms with Crippen LogP contribution in [0.2, 0.25) is 0 Å². The zero-order valence-electron chi connectivity index (χ0n) is 8.14. The summed E-state index contributed by atoms with van der Waals surface area (Å²) in [4.78, 5) is 35.9. The van der Waals surface area contributed by atoms with Crippen molar-refractivity contribution in [1.82, 2.24) is 10.3 Å². The number of hydrogen-bond acceptors (Lipinski definition) is 4. The zero-order valence-corrected chi connectivity index (χ0v) is 8.14. The van der Waals surface area contributed by atoms with Gasteiger partial charge in [-0.3, -0.25) is 9.59 Å². The van der Waals surface area contributed by atoms with Gasteiger partial charge in [0.1, 0.15) is 11.4 Å². The maximum atomic E-state index is 11.3. The highest BCUT2D eigenvalue weighted by Crippen LogP contribution is 1.99. The first-order chi connectivity index (χ1) is 7.50. The molecule has 16 heavy (non-hydrogen) atoms. The molecule has 0 unspecified atom stereocenters. The van der Waals surface area contributed by atoms with E-state index < -0.39 is 17.8 Å². The molecule has 1 rings (SSSR count). The van der Waals surface area contributed by atoms with Crippen LogP contribution in [0.15, 0.2) is 18.2 Å². The number of nitrogens with zero attached hydrogens (tertiary/aromatic N) is 1. The van der Waals surface area contributed by atoms with Gasteiger partial charge in [-0.25, -0.2) is 9.78 Å². The average molecular weight is 223 g/mol. The topological polar surface area (TPSA) is 122 Å². The number of aromatic nitrogens is 1. The average Bonchev–Trinajstić information content (AvgIpc) is 2.26. The van der Waals surface area contributed by atoms with Crippen molar-refractivity contribution >= 4 is 17.8 Å². The van der Waals surface area contributed by atoms with E-state index in [1.807, 2.05) is 0 Å². The molecule has 4 N–H and O–H groups in total. The highest BCUT2D eigenvalue weighted by molar-refractivity contribution is 5.95. The third kappa shape index (κ3) is 3.05. The number of nitrogens with one attached hydrogen (secondary N) is 1. The predicted octanol–water partition coefficient (Wildman–Crippen LogP) is -1.01. The van der Waals surface area contributed by atoms with Crippen molar-refractivity contribution in [3.05, 3.63) is 29.6 Å². The molecule has 0 atom stereocenters. The fourth-order valence-corrected chi connectivity index (χ4v) is 0.938. The van der Waals surface area contributed by atoms with Crippen molar-refractivity contribution in [1.29, 1.82) is 0 Å². The van der Waals surface area contributed by atoms with E-state index in [2.05, 4.69) is 10.3 Å². The molecule has 0 spiro atoms. The van der Waals surface area contributed by atoms with Gasteiger partial charge in [0, 0.05) is 0 Å². The van der Waals surface area contributed by atoms with Gasteiger partial charge >= 0.3 is 5.97 Å². The van der Waals surface area contributed by atoms with Crippen LogP contribution >= 0.6 is 0 Å². The third-order valence-electron chi connectivity index (χ3n) is 1.62. The van der Waals surface area contributed by atoms with E-state index in [1.54, 1.807) is 0 Å². The first-order valence-corrected chi connectivity index (χ1v) is 4.27. The molecule has 1 aromatic rings. The molecule has 0 saturated heterocycles. The number of carboxylic acid groups (broad SMARTS) is 1. The maximum absolute atomic E-state index is 11.3. The molecule has 0 aliphatic carbocycles. The third-order valence-corrected chi connectivity index (χ3v) is 1.62. The Hall–Kier alpha value is -2.44. The maximum Gasteiger partial charge on any atom is 0.354 e. The minimum absolute atomic E-state index is 0.0823. The molecule has 0 bridgehead atoms. The van der Waals surface area contributed by atoms with Crippen LogP contribution < -0.4 is 11.1 Å². The Morgan fingerprint density at radius 3 is 2.50 bits per heavy atom. The SMILES string of the molecule is NC(=O)CNC(=O)c1cccc(C(=O)O)n1. The predicted molar refractivity (Wildman–Crippen MR) is 52.7 cm³/mol. The monoisotopic (exact) mass is 223 g/mol. The number of carbonyl (C=O) groups is 3. The van der Waals surface area contributed by atoms with Gasteiger partial charge in [-0.1, -0.05) is 6.07 Å². The summed E-state index contributed by atoms with van der Waals surface area (Å²) < 4.78 is 0. The van der Waals surface area contributed by atoms with Crippen LogP contribution in [0.25, 0.3) is 0 Å². The minimum Gasteiger partial charge on any atom is -0.477 e. The van der Waals surface area contributed by atoms with Crippen molar-refractivity contribution < 1.29 is 19.5 Å². The van der Waals surface area contributed by atoms with Crippen LogP contribution in [-0.4, -0.2) is 34.4 Å². The lowest BCUT2D eigenvalue weighted by Gasteiger charge is -2.02.